The molecule has 0 saturated heterocycles. The number of rotatable bonds is 2. The molecule has 3 rings (SSSR count). The molecule has 1 aromatic carbocycles. The van der Waals surface area contributed by atoms with Crippen molar-refractivity contribution in [2.45, 2.75) is 25.7 Å². The van der Waals surface area contributed by atoms with Crippen LogP contribution in [0.25, 0.3) is 11.0 Å². The number of para-hydroxylation sites is 1. The van der Waals surface area contributed by atoms with Crippen molar-refractivity contribution in [1.82, 2.24) is 0 Å². The fraction of sp³-hybridized carbons (Fsp3) is 0.357. The van der Waals surface area contributed by atoms with Crippen molar-refractivity contribution >= 4 is 16.8 Å². The Morgan fingerprint density at radius 3 is 2.76 bits per heavy atom. The lowest BCUT2D eigenvalue weighted by Crippen LogP contribution is -2.09. The summed E-state index contributed by atoms with van der Waals surface area (Å²) in [5, 5.41) is 0.659. The summed E-state index contributed by atoms with van der Waals surface area (Å²) in [5.41, 5.74) is 0.189. The van der Waals surface area contributed by atoms with Gasteiger partial charge in [0.2, 0.25) is 5.78 Å². The predicted molar refractivity (Wildman–Crippen MR) is 62.5 cm³/mol. The van der Waals surface area contributed by atoms with Gasteiger partial charge in [-0.25, -0.2) is 4.39 Å². The van der Waals surface area contributed by atoms with Crippen molar-refractivity contribution in [3.8, 4) is 0 Å². The Kier molecular flexibility index (Phi) is 2.46. The van der Waals surface area contributed by atoms with E-state index in [2.05, 4.69) is 0 Å². The van der Waals surface area contributed by atoms with Crippen LogP contribution in [0.15, 0.2) is 28.7 Å². The van der Waals surface area contributed by atoms with Gasteiger partial charge in [0.25, 0.3) is 0 Å². The molecule has 0 amide bonds. The average molecular weight is 232 g/mol. The van der Waals surface area contributed by atoms with Gasteiger partial charge >= 0.3 is 0 Å². The smallest absolute Gasteiger partial charge is 0.201 e. The van der Waals surface area contributed by atoms with Gasteiger partial charge < -0.3 is 4.42 Å². The van der Waals surface area contributed by atoms with Crippen LogP contribution in [0.5, 0.6) is 0 Å². The minimum Gasteiger partial charge on any atom is -0.450 e. The summed E-state index contributed by atoms with van der Waals surface area (Å²) in [6.45, 7) is 0. The maximum Gasteiger partial charge on any atom is 0.201 e. The van der Waals surface area contributed by atoms with Crippen LogP contribution in [-0.2, 0) is 0 Å². The lowest BCUT2D eigenvalue weighted by molar-refractivity contribution is 0.0896. The van der Waals surface area contributed by atoms with E-state index in [0.29, 0.717) is 11.1 Å². The van der Waals surface area contributed by atoms with Gasteiger partial charge in [0.15, 0.2) is 17.2 Å². The molecule has 2 aromatic rings. The molecule has 0 aliphatic heterocycles. The first-order valence-electron chi connectivity index (χ1n) is 5.98. The normalized spacial score (nSPS) is 16.8. The van der Waals surface area contributed by atoms with Crippen LogP contribution >= 0.6 is 0 Å². The first-order chi connectivity index (χ1) is 8.25. The zero-order chi connectivity index (χ0) is 11.8. The third-order valence-corrected chi connectivity index (χ3v) is 3.46. The molecule has 0 N–H and O–H groups in total. The Morgan fingerprint density at radius 1 is 1.29 bits per heavy atom. The van der Waals surface area contributed by atoms with Crippen molar-refractivity contribution in [2.75, 3.05) is 0 Å². The van der Waals surface area contributed by atoms with E-state index in [9.17, 15) is 9.18 Å². The summed E-state index contributed by atoms with van der Waals surface area (Å²) < 4.78 is 18.8. The molecule has 2 nitrogen and oxygen atoms in total. The topological polar surface area (TPSA) is 30.2 Å². The number of hydrogen-bond acceptors (Lipinski definition) is 2. The Hall–Kier alpha value is -1.64. The largest absolute Gasteiger partial charge is 0.450 e. The molecule has 0 radical (unpaired) electrons. The van der Waals surface area contributed by atoms with Crippen molar-refractivity contribution in [2.24, 2.45) is 5.92 Å². The highest BCUT2D eigenvalue weighted by Gasteiger charge is 2.26. The van der Waals surface area contributed by atoms with Gasteiger partial charge in [-0.2, -0.15) is 0 Å². The number of halogens is 1. The molecular weight excluding hydrogens is 219 g/mol. The van der Waals surface area contributed by atoms with Gasteiger partial charge in [-0.3, -0.25) is 4.79 Å². The van der Waals surface area contributed by atoms with Crippen LogP contribution in [-0.4, -0.2) is 5.78 Å². The van der Waals surface area contributed by atoms with Gasteiger partial charge in [-0.1, -0.05) is 25.0 Å². The zero-order valence-corrected chi connectivity index (χ0v) is 9.41. The molecular formula is C14H13FO2. The molecule has 0 spiro atoms. The number of benzene rings is 1. The summed E-state index contributed by atoms with van der Waals surface area (Å²) in [7, 11) is 0. The predicted octanol–water partition coefficient (Wildman–Crippen LogP) is 3.94. The molecule has 3 heteroatoms. The number of hydrogen-bond donors (Lipinski definition) is 0. The van der Waals surface area contributed by atoms with Crippen molar-refractivity contribution in [3.05, 3.63) is 35.8 Å². The van der Waals surface area contributed by atoms with Gasteiger partial charge in [-0.15, -0.1) is 0 Å². The van der Waals surface area contributed by atoms with Gasteiger partial charge in [0, 0.05) is 11.3 Å². The average Bonchev–Trinajstić information content (AvgIpc) is 2.98. The SMILES string of the molecule is O=C(c1cc2cccc(F)c2o1)C1CCCC1. The Labute approximate surface area is 98.4 Å². The number of fused-ring (bicyclic) bond motifs is 1. The quantitative estimate of drug-likeness (QED) is 0.734. The van der Waals surface area contributed by atoms with Crippen LogP contribution in [0.1, 0.15) is 36.2 Å². The van der Waals surface area contributed by atoms with Crippen molar-refractivity contribution in [1.29, 1.82) is 0 Å². The molecule has 1 aliphatic rings. The van der Waals surface area contributed by atoms with Crippen molar-refractivity contribution < 1.29 is 13.6 Å². The second kappa shape index (κ2) is 3.99. The first-order valence-corrected chi connectivity index (χ1v) is 5.98. The van der Waals surface area contributed by atoms with Crippen LogP contribution in [0.3, 0.4) is 0 Å². The summed E-state index contributed by atoms with van der Waals surface area (Å²) in [4.78, 5) is 12.1. The second-order valence-electron chi connectivity index (χ2n) is 4.61. The Morgan fingerprint density at radius 2 is 2.06 bits per heavy atom. The summed E-state index contributed by atoms with van der Waals surface area (Å²) in [5.74, 6) is -0.0123. The number of carbonyl (C=O) groups excluding carboxylic acids is 1. The molecule has 17 heavy (non-hydrogen) atoms. The lowest BCUT2D eigenvalue weighted by atomic mass is 10.0. The monoisotopic (exact) mass is 232 g/mol. The summed E-state index contributed by atoms with van der Waals surface area (Å²) >= 11 is 0. The van der Waals surface area contributed by atoms with Gasteiger partial charge in [0.05, 0.1) is 0 Å². The van der Waals surface area contributed by atoms with Crippen LogP contribution in [0.4, 0.5) is 4.39 Å². The van der Waals surface area contributed by atoms with E-state index in [1.807, 2.05) is 0 Å². The van der Waals surface area contributed by atoms with Crippen LogP contribution in [0, 0.1) is 11.7 Å². The van der Waals surface area contributed by atoms with E-state index in [-0.39, 0.29) is 17.3 Å². The number of carbonyl (C=O) groups is 1. The molecule has 0 unspecified atom stereocenters. The number of Topliss-reactive ketones (excluding diaryl/α,β-unsaturated/α-hetero) is 1. The number of ketones is 1. The zero-order valence-electron chi connectivity index (χ0n) is 9.41. The maximum absolute atomic E-state index is 13.4. The fourth-order valence-electron chi connectivity index (χ4n) is 2.54. The molecule has 1 aromatic heterocycles. The first kappa shape index (κ1) is 10.5. The van der Waals surface area contributed by atoms with E-state index in [1.165, 1.54) is 6.07 Å². The minimum atomic E-state index is -0.409. The molecule has 1 heterocycles. The minimum absolute atomic E-state index is 0.0260. The molecule has 1 fully saturated rings. The summed E-state index contributed by atoms with van der Waals surface area (Å²) in [6.07, 6.45) is 4.06. The van der Waals surface area contributed by atoms with E-state index in [1.54, 1.807) is 18.2 Å². The molecule has 0 bridgehead atoms. The second-order valence-corrected chi connectivity index (χ2v) is 4.61. The highest BCUT2D eigenvalue weighted by Crippen LogP contribution is 2.30. The van der Waals surface area contributed by atoms with E-state index in [4.69, 9.17) is 4.42 Å². The molecule has 1 saturated carbocycles. The fourth-order valence-corrected chi connectivity index (χ4v) is 2.54. The molecule has 1 aliphatic carbocycles. The van der Waals surface area contributed by atoms with E-state index in [0.717, 1.165) is 25.7 Å². The lowest BCUT2D eigenvalue weighted by Gasteiger charge is -2.03. The summed E-state index contributed by atoms with van der Waals surface area (Å²) in [6, 6.07) is 6.37. The van der Waals surface area contributed by atoms with E-state index >= 15 is 0 Å². The Balaban J connectivity index is 2.00. The third kappa shape index (κ3) is 1.75. The number of furan rings is 1. The highest BCUT2D eigenvalue weighted by molar-refractivity contribution is 5.99. The maximum atomic E-state index is 13.4. The standard InChI is InChI=1S/C14H13FO2/c15-11-7-3-6-10-8-12(17-14(10)11)13(16)9-4-1-2-5-9/h3,6-9H,1-2,4-5H2. The van der Waals surface area contributed by atoms with Gasteiger partial charge in [0.1, 0.15) is 0 Å². The Bertz CT molecular complexity index is 565. The molecule has 0 atom stereocenters. The van der Waals surface area contributed by atoms with Crippen molar-refractivity contribution in [3.63, 3.8) is 0 Å². The highest BCUT2D eigenvalue weighted by atomic mass is 19.1. The molecule has 88 valence electrons. The van der Waals surface area contributed by atoms with Crippen LogP contribution < -0.4 is 0 Å². The third-order valence-electron chi connectivity index (χ3n) is 3.46. The van der Waals surface area contributed by atoms with E-state index < -0.39 is 5.82 Å². The van der Waals surface area contributed by atoms with Crippen LogP contribution in [0.2, 0.25) is 0 Å². The van der Waals surface area contributed by atoms with Gasteiger partial charge in [-0.05, 0) is 25.0 Å².